The van der Waals surface area contributed by atoms with Crippen LogP contribution in [0.3, 0.4) is 0 Å². The van der Waals surface area contributed by atoms with E-state index >= 15 is 0 Å². The molecule has 2 atom stereocenters. The SMILES string of the molecule is CC1C=C(F)C(C2CCNC(=O)c3sc(N4CCOCC4)c(C#N)c32)=C(F)C1. The van der Waals surface area contributed by atoms with E-state index in [4.69, 9.17) is 4.74 Å². The Balaban J connectivity index is 1.87. The molecule has 1 saturated heterocycles. The number of carbonyl (C=O) groups excluding carboxylic acids is 1. The zero-order valence-electron chi connectivity index (χ0n) is 15.6. The lowest BCUT2D eigenvalue weighted by molar-refractivity contribution is 0.0960. The number of thiophene rings is 1. The van der Waals surface area contributed by atoms with Crippen LogP contribution in [0, 0.1) is 17.2 Å². The molecule has 0 bridgehead atoms. The normalized spacial score (nSPS) is 25.6. The highest BCUT2D eigenvalue weighted by molar-refractivity contribution is 7.18. The molecule has 0 spiro atoms. The van der Waals surface area contributed by atoms with Gasteiger partial charge >= 0.3 is 0 Å². The van der Waals surface area contributed by atoms with Gasteiger partial charge in [-0.3, -0.25) is 4.79 Å². The summed E-state index contributed by atoms with van der Waals surface area (Å²) in [5, 5.41) is 13.4. The van der Waals surface area contributed by atoms with E-state index in [0.29, 0.717) is 60.3 Å². The smallest absolute Gasteiger partial charge is 0.261 e. The van der Waals surface area contributed by atoms with E-state index in [1.165, 1.54) is 17.4 Å². The summed E-state index contributed by atoms with van der Waals surface area (Å²) in [6.45, 7) is 4.38. The molecule has 1 aliphatic carbocycles. The maximum absolute atomic E-state index is 14.8. The Morgan fingerprint density at radius 3 is 2.79 bits per heavy atom. The lowest BCUT2D eigenvalue weighted by Gasteiger charge is -2.28. The van der Waals surface area contributed by atoms with Crippen molar-refractivity contribution >= 4 is 22.2 Å². The predicted octanol–water partition coefficient (Wildman–Crippen LogP) is 3.79. The molecule has 5 nitrogen and oxygen atoms in total. The minimum Gasteiger partial charge on any atom is -0.378 e. The third kappa shape index (κ3) is 3.23. The van der Waals surface area contributed by atoms with E-state index in [2.05, 4.69) is 11.4 Å². The van der Waals surface area contributed by atoms with Crippen molar-refractivity contribution in [1.29, 1.82) is 5.26 Å². The molecule has 2 aliphatic heterocycles. The van der Waals surface area contributed by atoms with Crippen molar-refractivity contribution in [2.45, 2.75) is 25.7 Å². The van der Waals surface area contributed by atoms with E-state index in [1.54, 1.807) is 6.92 Å². The van der Waals surface area contributed by atoms with Gasteiger partial charge in [0, 0.05) is 43.1 Å². The van der Waals surface area contributed by atoms with Crippen LogP contribution in [0.25, 0.3) is 0 Å². The molecule has 0 saturated carbocycles. The predicted molar refractivity (Wildman–Crippen MR) is 103 cm³/mol. The van der Waals surface area contributed by atoms with E-state index < -0.39 is 17.6 Å². The Morgan fingerprint density at radius 1 is 1.36 bits per heavy atom. The number of fused-ring (bicyclic) bond motifs is 1. The minimum absolute atomic E-state index is 0.00122. The Hall–Kier alpha value is -2.24. The number of hydrogen-bond donors (Lipinski definition) is 1. The van der Waals surface area contributed by atoms with Crippen molar-refractivity contribution in [2.75, 3.05) is 37.7 Å². The highest BCUT2D eigenvalue weighted by atomic mass is 32.1. The van der Waals surface area contributed by atoms with Crippen LogP contribution in [0.5, 0.6) is 0 Å². The molecule has 0 radical (unpaired) electrons. The fourth-order valence-corrected chi connectivity index (χ4v) is 5.43. The van der Waals surface area contributed by atoms with Crippen molar-refractivity contribution in [3.8, 4) is 6.07 Å². The number of morpholine rings is 1. The Labute approximate surface area is 166 Å². The van der Waals surface area contributed by atoms with Crippen molar-refractivity contribution in [2.24, 2.45) is 5.92 Å². The number of ether oxygens (including phenoxy) is 1. The van der Waals surface area contributed by atoms with Crippen molar-refractivity contribution in [3.05, 3.63) is 39.3 Å². The van der Waals surface area contributed by atoms with Gasteiger partial charge in [-0.25, -0.2) is 8.78 Å². The summed E-state index contributed by atoms with van der Waals surface area (Å²) < 4.78 is 35.0. The highest BCUT2D eigenvalue weighted by Crippen LogP contribution is 2.48. The lowest BCUT2D eigenvalue weighted by atomic mass is 9.81. The molecule has 2 unspecified atom stereocenters. The lowest BCUT2D eigenvalue weighted by Crippen LogP contribution is -2.36. The van der Waals surface area contributed by atoms with Gasteiger partial charge in [0.1, 0.15) is 22.7 Å². The summed E-state index contributed by atoms with van der Waals surface area (Å²) in [5.74, 6) is -2.22. The maximum atomic E-state index is 14.8. The maximum Gasteiger partial charge on any atom is 0.261 e. The van der Waals surface area contributed by atoms with Gasteiger partial charge in [0.25, 0.3) is 5.91 Å². The number of hydrogen-bond acceptors (Lipinski definition) is 5. The number of amides is 1. The van der Waals surface area contributed by atoms with Gasteiger partial charge in [0.2, 0.25) is 0 Å². The fourth-order valence-electron chi connectivity index (χ4n) is 4.15. The molecular weight excluding hydrogens is 384 g/mol. The molecule has 1 fully saturated rings. The van der Waals surface area contributed by atoms with Crippen molar-refractivity contribution in [1.82, 2.24) is 5.32 Å². The first-order chi connectivity index (χ1) is 13.5. The summed E-state index contributed by atoms with van der Waals surface area (Å²) in [4.78, 5) is 15.0. The first-order valence-corrected chi connectivity index (χ1v) is 10.3. The van der Waals surface area contributed by atoms with Crippen LogP contribution >= 0.6 is 11.3 Å². The summed E-state index contributed by atoms with van der Waals surface area (Å²) in [6.07, 6.45) is 1.92. The Bertz CT molecular complexity index is 909. The molecule has 1 amide bonds. The third-order valence-electron chi connectivity index (χ3n) is 5.44. The molecule has 1 N–H and O–H groups in total. The number of halogens is 2. The van der Waals surface area contributed by atoms with Gasteiger partial charge in [0.15, 0.2) is 0 Å². The summed E-state index contributed by atoms with van der Waals surface area (Å²) in [7, 11) is 0. The van der Waals surface area contributed by atoms with Crippen LogP contribution in [0.1, 0.15) is 46.5 Å². The van der Waals surface area contributed by atoms with Crippen molar-refractivity contribution < 1.29 is 18.3 Å². The summed E-state index contributed by atoms with van der Waals surface area (Å²) in [5.41, 5.74) is 0.821. The number of allylic oxidation sites excluding steroid dienone is 4. The van der Waals surface area contributed by atoms with Crippen LogP contribution in [-0.4, -0.2) is 38.8 Å². The largest absolute Gasteiger partial charge is 0.378 e. The van der Waals surface area contributed by atoms with Gasteiger partial charge in [-0.15, -0.1) is 11.3 Å². The number of nitrogens with zero attached hydrogens (tertiary/aromatic N) is 2. The molecule has 0 aromatic carbocycles. The van der Waals surface area contributed by atoms with E-state index in [-0.39, 0.29) is 23.8 Å². The highest BCUT2D eigenvalue weighted by Gasteiger charge is 2.38. The molecule has 3 heterocycles. The molecule has 8 heteroatoms. The van der Waals surface area contributed by atoms with Gasteiger partial charge in [0.05, 0.1) is 23.7 Å². The monoisotopic (exact) mass is 405 g/mol. The molecule has 148 valence electrons. The molecule has 28 heavy (non-hydrogen) atoms. The number of carbonyl (C=O) groups is 1. The van der Waals surface area contributed by atoms with Crippen LogP contribution in [0.2, 0.25) is 0 Å². The zero-order valence-corrected chi connectivity index (χ0v) is 16.4. The Morgan fingerprint density at radius 2 is 2.11 bits per heavy atom. The van der Waals surface area contributed by atoms with Gasteiger partial charge < -0.3 is 15.0 Å². The number of anilines is 1. The summed E-state index contributed by atoms with van der Waals surface area (Å²) >= 11 is 1.23. The van der Waals surface area contributed by atoms with Crippen LogP contribution in [0.4, 0.5) is 13.8 Å². The molecular formula is C20H21F2N3O2S. The number of rotatable bonds is 2. The van der Waals surface area contributed by atoms with E-state index in [1.807, 2.05) is 4.90 Å². The minimum atomic E-state index is -0.654. The fraction of sp³-hybridized carbons (Fsp3) is 0.500. The van der Waals surface area contributed by atoms with Gasteiger partial charge in [-0.05, 0) is 18.4 Å². The average molecular weight is 405 g/mol. The second-order valence-corrected chi connectivity index (χ2v) is 8.35. The standard InChI is InChI=1S/C20H21F2N3O2S/c1-11-8-14(21)17(15(22)9-11)12-2-3-24-19(26)18-16(12)13(10-23)20(28-18)25-4-6-27-7-5-25/h8,11-12H,2-7,9H2,1H3,(H,24,26). The van der Waals surface area contributed by atoms with Crippen LogP contribution in [0.15, 0.2) is 23.3 Å². The quantitative estimate of drug-likeness (QED) is 0.813. The van der Waals surface area contributed by atoms with Gasteiger partial charge in [-0.2, -0.15) is 5.26 Å². The van der Waals surface area contributed by atoms with E-state index in [9.17, 15) is 18.8 Å². The van der Waals surface area contributed by atoms with Gasteiger partial charge in [-0.1, -0.05) is 6.92 Å². The molecule has 1 aromatic heterocycles. The number of nitriles is 1. The third-order valence-corrected chi connectivity index (χ3v) is 6.71. The second kappa shape index (κ2) is 7.64. The first kappa shape index (κ1) is 19.1. The first-order valence-electron chi connectivity index (χ1n) is 9.45. The summed E-state index contributed by atoms with van der Waals surface area (Å²) in [6, 6.07) is 2.22. The van der Waals surface area contributed by atoms with Crippen LogP contribution < -0.4 is 10.2 Å². The second-order valence-electron chi connectivity index (χ2n) is 7.35. The van der Waals surface area contributed by atoms with Crippen molar-refractivity contribution in [3.63, 3.8) is 0 Å². The topological polar surface area (TPSA) is 65.4 Å². The Kier molecular flexibility index (Phi) is 5.21. The zero-order chi connectivity index (χ0) is 19.8. The van der Waals surface area contributed by atoms with Crippen LogP contribution in [-0.2, 0) is 4.74 Å². The molecule has 3 aliphatic rings. The van der Waals surface area contributed by atoms with E-state index in [0.717, 1.165) is 0 Å². The molecule has 4 rings (SSSR count). The average Bonchev–Trinajstić information content (AvgIpc) is 2.98. The molecule has 1 aromatic rings. The number of nitrogens with one attached hydrogen (secondary N) is 1.